The number of H-pyrrole nitrogens is 1. The molecule has 3 aromatic rings. The second kappa shape index (κ2) is 4.59. The highest BCUT2D eigenvalue weighted by molar-refractivity contribution is 7.98. The lowest BCUT2D eigenvalue weighted by Gasteiger charge is -2.01. The minimum atomic E-state index is 0.899. The minimum Gasteiger partial charge on any atom is -0.346 e. The van der Waals surface area contributed by atoms with Crippen molar-refractivity contribution in [3.05, 3.63) is 54.5 Å². The van der Waals surface area contributed by atoms with Crippen molar-refractivity contribution >= 4 is 22.8 Å². The highest BCUT2D eigenvalue weighted by atomic mass is 32.2. The van der Waals surface area contributed by atoms with E-state index < -0.39 is 0 Å². The van der Waals surface area contributed by atoms with Crippen LogP contribution in [-0.2, 0) is 5.75 Å². The van der Waals surface area contributed by atoms with E-state index in [0.29, 0.717) is 0 Å². The van der Waals surface area contributed by atoms with Gasteiger partial charge in [0.15, 0.2) is 0 Å². The molecule has 0 atom stereocenters. The van der Waals surface area contributed by atoms with E-state index in [2.05, 4.69) is 39.2 Å². The number of aromatic nitrogens is 3. The molecule has 0 fully saturated rings. The van der Waals surface area contributed by atoms with Crippen molar-refractivity contribution in [1.29, 1.82) is 0 Å². The third-order valence-corrected chi connectivity index (χ3v) is 3.61. The summed E-state index contributed by atoms with van der Waals surface area (Å²) < 4.78 is 0. The van der Waals surface area contributed by atoms with Gasteiger partial charge in [-0.05, 0) is 11.6 Å². The molecular weight excluding hydrogens is 230 g/mol. The van der Waals surface area contributed by atoms with Crippen LogP contribution in [0.25, 0.3) is 11.0 Å². The predicted octanol–water partition coefficient (Wildman–Crippen LogP) is 3.25. The molecule has 1 aromatic carbocycles. The van der Waals surface area contributed by atoms with E-state index in [9.17, 15) is 0 Å². The molecule has 3 rings (SSSR count). The molecule has 0 spiro atoms. The van der Waals surface area contributed by atoms with Gasteiger partial charge in [-0.3, -0.25) is 0 Å². The molecule has 0 bridgehead atoms. The lowest BCUT2D eigenvalue weighted by Crippen LogP contribution is -1.86. The first-order chi connectivity index (χ1) is 8.43. The average molecular weight is 241 g/mol. The fourth-order valence-corrected chi connectivity index (χ4v) is 2.63. The molecule has 0 radical (unpaired) electrons. The quantitative estimate of drug-likeness (QED) is 0.565. The van der Waals surface area contributed by atoms with Gasteiger partial charge in [-0.1, -0.05) is 30.3 Å². The Balaban J connectivity index is 1.84. The number of fused-ring (bicyclic) bond motifs is 1. The van der Waals surface area contributed by atoms with Crippen LogP contribution >= 0.6 is 11.8 Å². The molecule has 2 heterocycles. The maximum absolute atomic E-state index is 4.33. The maximum atomic E-state index is 4.33. The number of hydrogen-bond acceptors (Lipinski definition) is 3. The zero-order valence-corrected chi connectivity index (χ0v) is 9.95. The van der Waals surface area contributed by atoms with Crippen LogP contribution in [0.3, 0.4) is 0 Å². The lowest BCUT2D eigenvalue weighted by molar-refractivity contribution is 1.09. The monoisotopic (exact) mass is 241 g/mol. The number of aromatic amines is 1. The van der Waals surface area contributed by atoms with Gasteiger partial charge in [0.1, 0.15) is 17.0 Å². The van der Waals surface area contributed by atoms with Gasteiger partial charge in [0.05, 0.1) is 5.39 Å². The van der Waals surface area contributed by atoms with Crippen molar-refractivity contribution in [2.45, 2.75) is 10.8 Å². The third-order valence-electron chi connectivity index (χ3n) is 2.54. The van der Waals surface area contributed by atoms with Gasteiger partial charge >= 0.3 is 0 Å². The van der Waals surface area contributed by atoms with Crippen LogP contribution in [0.4, 0.5) is 0 Å². The zero-order chi connectivity index (χ0) is 11.5. The van der Waals surface area contributed by atoms with Gasteiger partial charge in [0.2, 0.25) is 0 Å². The van der Waals surface area contributed by atoms with Gasteiger partial charge in [-0.2, -0.15) is 0 Å². The molecule has 0 aliphatic heterocycles. The minimum absolute atomic E-state index is 0.899. The Morgan fingerprint density at radius 3 is 2.82 bits per heavy atom. The summed E-state index contributed by atoms with van der Waals surface area (Å²) >= 11 is 1.74. The van der Waals surface area contributed by atoms with Crippen molar-refractivity contribution in [2.75, 3.05) is 0 Å². The summed E-state index contributed by atoms with van der Waals surface area (Å²) in [4.78, 5) is 11.6. The first kappa shape index (κ1) is 10.4. The van der Waals surface area contributed by atoms with Gasteiger partial charge in [-0.15, -0.1) is 11.8 Å². The fourth-order valence-electron chi connectivity index (χ4n) is 1.69. The first-order valence-electron chi connectivity index (χ1n) is 5.38. The number of hydrogen-bond donors (Lipinski definition) is 1. The standard InChI is InChI=1S/C13H11N3S/c1-2-4-10(5-3-1)8-17-13-11-6-7-14-12(11)15-9-16-13/h1-7,9H,8H2,(H,14,15,16). The van der Waals surface area contributed by atoms with Crippen LogP contribution in [0.1, 0.15) is 5.56 Å². The predicted molar refractivity (Wildman–Crippen MR) is 69.9 cm³/mol. The normalized spacial score (nSPS) is 10.8. The summed E-state index contributed by atoms with van der Waals surface area (Å²) in [6.07, 6.45) is 3.50. The summed E-state index contributed by atoms with van der Waals surface area (Å²) in [5.41, 5.74) is 2.20. The molecule has 0 saturated heterocycles. The summed E-state index contributed by atoms with van der Waals surface area (Å²) in [5.74, 6) is 0.929. The van der Waals surface area contributed by atoms with E-state index in [1.165, 1.54) is 5.56 Å². The molecule has 2 aromatic heterocycles. The Labute approximate surface area is 103 Å². The largest absolute Gasteiger partial charge is 0.346 e. The highest BCUT2D eigenvalue weighted by Crippen LogP contribution is 2.26. The topological polar surface area (TPSA) is 41.6 Å². The molecule has 0 amide bonds. The molecule has 0 unspecified atom stereocenters. The Hall–Kier alpha value is -1.81. The number of thioether (sulfide) groups is 1. The van der Waals surface area contributed by atoms with Crippen molar-refractivity contribution in [3.8, 4) is 0 Å². The van der Waals surface area contributed by atoms with E-state index in [1.807, 2.05) is 18.3 Å². The Morgan fingerprint density at radius 1 is 1.06 bits per heavy atom. The number of nitrogens with one attached hydrogen (secondary N) is 1. The van der Waals surface area contributed by atoms with E-state index in [-0.39, 0.29) is 0 Å². The van der Waals surface area contributed by atoms with E-state index >= 15 is 0 Å². The molecule has 17 heavy (non-hydrogen) atoms. The zero-order valence-electron chi connectivity index (χ0n) is 9.13. The molecule has 3 nitrogen and oxygen atoms in total. The van der Waals surface area contributed by atoms with Crippen LogP contribution in [0.2, 0.25) is 0 Å². The smallest absolute Gasteiger partial charge is 0.141 e. The maximum Gasteiger partial charge on any atom is 0.141 e. The third kappa shape index (κ3) is 2.17. The van der Waals surface area contributed by atoms with Gasteiger partial charge in [-0.25, -0.2) is 9.97 Å². The Morgan fingerprint density at radius 2 is 1.94 bits per heavy atom. The second-order valence-corrected chi connectivity index (χ2v) is 4.66. The molecule has 0 aliphatic rings. The molecule has 0 aliphatic carbocycles. The van der Waals surface area contributed by atoms with E-state index in [0.717, 1.165) is 21.8 Å². The SMILES string of the molecule is c1ccc(CSc2ncnc3[nH]ccc23)cc1. The van der Waals surface area contributed by atoms with Gasteiger partial charge < -0.3 is 4.98 Å². The Bertz CT molecular complexity index is 619. The average Bonchev–Trinajstić information content (AvgIpc) is 2.86. The molecule has 84 valence electrons. The Kier molecular flexibility index (Phi) is 2.80. The molecule has 1 N–H and O–H groups in total. The van der Waals surface area contributed by atoms with Gasteiger partial charge in [0, 0.05) is 11.9 Å². The number of rotatable bonds is 3. The van der Waals surface area contributed by atoms with Crippen molar-refractivity contribution < 1.29 is 0 Å². The number of nitrogens with zero attached hydrogens (tertiary/aromatic N) is 2. The highest BCUT2D eigenvalue weighted by Gasteiger charge is 2.04. The van der Waals surface area contributed by atoms with Crippen molar-refractivity contribution in [3.63, 3.8) is 0 Å². The van der Waals surface area contributed by atoms with Crippen molar-refractivity contribution in [2.24, 2.45) is 0 Å². The van der Waals surface area contributed by atoms with Crippen molar-refractivity contribution in [1.82, 2.24) is 15.0 Å². The molecular formula is C13H11N3S. The van der Waals surface area contributed by atoms with Gasteiger partial charge in [0.25, 0.3) is 0 Å². The van der Waals surface area contributed by atoms with Crippen LogP contribution in [0.5, 0.6) is 0 Å². The first-order valence-corrected chi connectivity index (χ1v) is 6.37. The summed E-state index contributed by atoms with van der Waals surface area (Å²) in [6.45, 7) is 0. The fraction of sp³-hybridized carbons (Fsp3) is 0.0769. The summed E-state index contributed by atoms with van der Waals surface area (Å²) in [7, 11) is 0. The summed E-state index contributed by atoms with van der Waals surface area (Å²) in [6, 6.07) is 12.4. The van der Waals surface area contributed by atoms with Crippen LogP contribution in [0, 0.1) is 0 Å². The second-order valence-electron chi connectivity index (χ2n) is 3.69. The molecule has 4 heteroatoms. The van der Waals surface area contributed by atoms with E-state index in [1.54, 1.807) is 18.1 Å². The number of benzene rings is 1. The van der Waals surface area contributed by atoms with Crippen LogP contribution in [-0.4, -0.2) is 15.0 Å². The van der Waals surface area contributed by atoms with E-state index in [4.69, 9.17) is 0 Å². The van der Waals surface area contributed by atoms with Crippen LogP contribution in [0.15, 0.2) is 53.9 Å². The lowest BCUT2D eigenvalue weighted by atomic mass is 10.2. The molecule has 0 saturated carbocycles. The van der Waals surface area contributed by atoms with Crippen LogP contribution < -0.4 is 0 Å². The summed E-state index contributed by atoms with van der Waals surface area (Å²) in [5, 5.41) is 2.12.